The Morgan fingerprint density at radius 3 is 3.16 bits per heavy atom. The van der Waals surface area contributed by atoms with Crippen LogP contribution in [-0.2, 0) is 21.4 Å². The first-order valence-corrected chi connectivity index (χ1v) is 9.51. The van der Waals surface area contributed by atoms with Gasteiger partial charge >= 0.3 is 0 Å². The molecule has 2 aliphatic heterocycles. The maximum absolute atomic E-state index is 12.8. The van der Waals surface area contributed by atoms with Crippen LogP contribution in [0.4, 0.5) is 0 Å². The minimum absolute atomic E-state index is 0.0924. The molecule has 1 saturated heterocycles. The molecular weight excluding hydrogens is 314 g/mol. The topological polar surface area (TPSA) is 38.8 Å². The molecule has 0 radical (unpaired) electrons. The first-order chi connectivity index (χ1) is 12.2. The van der Waals surface area contributed by atoms with Crippen LogP contribution in [0.1, 0.15) is 42.9 Å². The zero-order valence-electron chi connectivity index (χ0n) is 15.0. The summed E-state index contributed by atoms with van der Waals surface area (Å²) in [5.74, 6) is 1.78. The quantitative estimate of drug-likeness (QED) is 0.794. The smallest absolute Gasteiger partial charge is 0.174 e. The number of hydrogen-bond donors (Lipinski definition) is 0. The summed E-state index contributed by atoms with van der Waals surface area (Å²) in [6.07, 6.45) is 7.21. The number of hydrogen-bond acceptors (Lipinski definition) is 4. The van der Waals surface area contributed by atoms with Crippen molar-refractivity contribution in [1.82, 2.24) is 4.90 Å². The van der Waals surface area contributed by atoms with Gasteiger partial charge in [0, 0.05) is 29.0 Å². The van der Waals surface area contributed by atoms with Gasteiger partial charge in [-0.3, -0.25) is 4.79 Å². The Balaban J connectivity index is 1.70. The van der Waals surface area contributed by atoms with Gasteiger partial charge in [0.2, 0.25) is 0 Å². The van der Waals surface area contributed by atoms with Crippen molar-refractivity contribution in [3.05, 3.63) is 35.1 Å². The van der Waals surface area contributed by atoms with Crippen molar-refractivity contribution in [1.29, 1.82) is 0 Å². The van der Waals surface area contributed by atoms with Gasteiger partial charge in [0.05, 0.1) is 12.9 Å². The van der Waals surface area contributed by atoms with Crippen LogP contribution in [0.3, 0.4) is 0 Å². The summed E-state index contributed by atoms with van der Waals surface area (Å²) in [6.45, 7) is 3.67. The molecule has 5 rings (SSSR count). The fraction of sp³-hybridized carbons (Fsp3) is 0.571. The molecular formula is C21H25NO3. The lowest BCUT2D eigenvalue weighted by Crippen LogP contribution is -2.65. The molecule has 132 valence electrons. The van der Waals surface area contributed by atoms with Crippen molar-refractivity contribution in [2.75, 3.05) is 20.2 Å². The average molecular weight is 339 g/mol. The lowest BCUT2D eigenvalue weighted by molar-refractivity contribution is -0.138. The first-order valence-electron chi connectivity index (χ1n) is 9.51. The van der Waals surface area contributed by atoms with E-state index in [9.17, 15) is 4.79 Å². The van der Waals surface area contributed by atoms with Gasteiger partial charge in [-0.2, -0.15) is 0 Å². The third kappa shape index (κ3) is 1.89. The largest absolute Gasteiger partial charge is 0.501 e. The van der Waals surface area contributed by atoms with Crippen molar-refractivity contribution in [3.8, 4) is 5.75 Å². The second-order valence-electron chi connectivity index (χ2n) is 7.93. The summed E-state index contributed by atoms with van der Waals surface area (Å²) >= 11 is 0. The first kappa shape index (κ1) is 15.4. The highest BCUT2D eigenvalue weighted by molar-refractivity contribution is 5.89. The van der Waals surface area contributed by atoms with Gasteiger partial charge in [-0.1, -0.05) is 12.1 Å². The van der Waals surface area contributed by atoms with Crippen LogP contribution in [0.2, 0.25) is 0 Å². The van der Waals surface area contributed by atoms with Crippen molar-refractivity contribution in [2.24, 2.45) is 5.92 Å². The zero-order chi connectivity index (χ0) is 17.2. The molecule has 1 aromatic carbocycles. The fourth-order valence-electron chi connectivity index (χ4n) is 5.90. The van der Waals surface area contributed by atoms with Gasteiger partial charge in [0.25, 0.3) is 0 Å². The van der Waals surface area contributed by atoms with Gasteiger partial charge in [-0.25, -0.2) is 0 Å². The van der Waals surface area contributed by atoms with Gasteiger partial charge in [-0.05, 0) is 57.3 Å². The molecule has 2 heterocycles. The number of piperidine rings is 1. The molecule has 25 heavy (non-hydrogen) atoms. The lowest BCUT2D eigenvalue weighted by atomic mass is 9.51. The maximum Gasteiger partial charge on any atom is 0.174 e. The Hall–Kier alpha value is -1.81. The number of ether oxygens (including phenoxy) is 2. The predicted molar refractivity (Wildman–Crippen MR) is 95.7 cm³/mol. The minimum Gasteiger partial charge on any atom is -0.501 e. The molecule has 1 aromatic rings. The Labute approximate surface area is 148 Å². The van der Waals surface area contributed by atoms with Gasteiger partial charge in [0.15, 0.2) is 11.9 Å². The second kappa shape index (κ2) is 5.34. The average Bonchev–Trinajstić information content (AvgIpc) is 2.96. The molecule has 0 N–H and O–H groups in total. The third-order valence-corrected chi connectivity index (χ3v) is 6.95. The molecule has 0 aromatic heterocycles. The van der Waals surface area contributed by atoms with Crippen molar-refractivity contribution in [2.45, 2.75) is 50.2 Å². The minimum atomic E-state index is -0.279. The maximum atomic E-state index is 12.8. The van der Waals surface area contributed by atoms with E-state index in [-0.39, 0.29) is 11.5 Å². The van der Waals surface area contributed by atoms with E-state index in [1.54, 1.807) is 6.26 Å². The van der Waals surface area contributed by atoms with E-state index >= 15 is 0 Å². The van der Waals surface area contributed by atoms with Crippen LogP contribution >= 0.6 is 0 Å². The van der Waals surface area contributed by atoms with Gasteiger partial charge in [-0.15, -0.1) is 0 Å². The van der Waals surface area contributed by atoms with E-state index in [0.717, 1.165) is 37.1 Å². The standard InChI is InChI=1S/C21H25NO3/c1-3-24-11-8-13-4-5-14-12-16-15-6-7-17(23)20-21(15,9-10-22(16)2)18(14)19(13)25-20/h4-5,8,11,15-16,20H,3,6-7,9-10,12H2,1-2H3/t15-,16+,20?,21-/m0/s1. The van der Waals surface area contributed by atoms with E-state index in [4.69, 9.17) is 9.47 Å². The number of benzene rings is 1. The number of carbonyl (C=O) groups excluding carboxylic acids is 1. The summed E-state index contributed by atoms with van der Waals surface area (Å²) in [4.78, 5) is 15.3. The van der Waals surface area contributed by atoms with Crippen LogP contribution in [0.25, 0.3) is 6.08 Å². The van der Waals surface area contributed by atoms with Crippen LogP contribution < -0.4 is 4.74 Å². The fourth-order valence-corrected chi connectivity index (χ4v) is 5.90. The Bertz CT molecular complexity index is 771. The molecule has 2 fully saturated rings. The predicted octanol–water partition coefficient (Wildman–Crippen LogP) is 2.93. The van der Waals surface area contributed by atoms with Gasteiger partial charge < -0.3 is 14.4 Å². The van der Waals surface area contributed by atoms with Crippen LogP contribution in [-0.4, -0.2) is 43.0 Å². The zero-order valence-corrected chi connectivity index (χ0v) is 15.0. The summed E-state index contributed by atoms with van der Waals surface area (Å²) in [5.41, 5.74) is 3.68. The Kier molecular flexibility index (Phi) is 3.30. The van der Waals surface area contributed by atoms with E-state index in [1.807, 2.05) is 13.0 Å². The van der Waals surface area contributed by atoms with Gasteiger partial charge in [0.1, 0.15) is 5.75 Å². The van der Waals surface area contributed by atoms with Crippen molar-refractivity contribution >= 4 is 11.9 Å². The molecule has 4 atom stereocenters. The van der Waals surface area contributed by atoms with Crippen molar-refractivity contribution in [3.63, 3.8) is 0 Å². The van der Waals surface area contributed by atoms with Crippen molar-refractivity contribution < 1.29 is 14.3 Å². The molecule has 2 aliphatic carbocycles. The van der Waals surface area contributed by atoms with E-state index < -0.39 is 0 Å². The molecule has 1 spiro atoms. The highest BCUT2D eigenvalue weighted by Crippen LogP contribution is 2.62. The highest BCUT2D eigenvalue weighted by Gasteiger charge is 2.65. The second-order valence-corrected chi connectivity index (χ2v) is 7.93. The van der Waals surface area contributed by atoms with Crippen LogP contribution in [0.15, 0.2) is 18.4 Å². The molecule has 4 nitrogen and oxygen atoms in total. The van der Waals surface area contributed by atoms with Crippen LogP contribution in [0, 0.1) is 5.92 Å². The molecule has 0 amide bonds. The summed E-state index contributed by atoms with van der Waals surface area (Å²) in [5, 5.41) is 0. The molecule has 4 heteroatoms. The number of rotatable bonds is 3. The molecule has 2 bridgehead atoms. The Morgan fingerprint density at radius 2 is 2.32 bits per heavy atom. The Morgan fingerprint density at radius 1 is 1.44 bits per heavy atom. The summed E-state index contributed by atoms with van der Waals surface area (Å²) in [7, 11) is 2.24. The summed E-state index contributed by atoms with van der Waals surface area (Å²) < 4.78 is 11.8. The third-order valence-electron chi connectivity index (χ3n) is 6.95. The highest BCUT2D eigenvalue weighted by atomic mass is 16.5. The number of Topliss-reactive ketones (excluding diaryl/α,β-unsaturated/α-hetero) is 1. The number of nitrogens with zero attached hydrogens (tertiary/aromatic N) is 1. The molecule has 1 unspecified atom stereocenters. The molecule has 1 saturated carbocycles. The molecule has 4 aliphatic rings. The summed E-state index contributed by atoms with van der Waals surface area (Å²) in [6, 6.07) is 4.91. The normalized spacial score (nSPS) is 35.6. The number of carbonyl (C=O) groups is 1. The number of ketones is 1. The van der Waals surface area contributed by atoms with E-state index in [1.165, 1.54) is 11.1 Å². The number of likely N-dealkylation sites (N-methyl/N-ethyl adjacent to an activating group) is 1. The SMILES string of the molecule is CCOC=Cc1ccc2c3c1OC1C(=O)CC[C@H]4[C@@H](C2)N(C)CC[C@]314. The lowest BCUT2D eigenvalue weighted by Gasteiger charge is -2.57. The van der Waals surface area contributed by atoms with E-state index in [2.05, 4.69) is 24.1 Å². The van der Waals surface area contributed by atoms with E-state index in [0.29, 0.717) is 30.8 Å². The monoisotopic (exact) mass is 339 g/mol. The number of likely N-dealkylation sites (tertiary alicyclic amines) is 1. The van der Waals surface area contributed by atoms with Crippen LogP contribution in [0.5, 0.6) is 5.75 Å².